The molecular formula is C13H16F4N2O. The molecular weight excluding hydrogens is 276 g/mol. The van der Waals surface area contributed by atoms with Crippen LogP contribution in [0.15, 0.2) is 18.2 Å². The first-order valence-electron chi connectivity index (χ1n) is 6.40. The molecule has 0 radical (unpaired) electrons. The second-order valence-electron chi connectivity index (χ2n) is 4.56. The van der Waals surface area contributed by atoms with Crippen molar-refractivity contribution in [3.8, 4) is 5.75 Å². The summed E-state index contributed by atoms with van der Waals surface area (Å²) in [6.07, 6.45) is -5.28. The third-order valence-electron chi connectivity index (χ3n) is 3.02. The lowest BCUT2D eigenvalue weighted by Gasteiger charge is -2.30. The lowest BCUT2D eigenvalue weighted by atomic mass is 10.2. The zero-order valence-corrected chi connectivity index (χ0v) is 10.8. The molecule has 0 bridgehead atoms. The van der Waals surface area contributed by atoms with Crippen molar-refractivity contribution in [2.75, 3.05) is 37.7 Å². The van der Waals surface area contributed by atoms with Gasteiger partial charge in [-0.05, 0) is 12.1 Å². The van der Waals surface area contributed by atoms with E-state index in [4.69, 9.17) is 4.74 Å². The number of nitrogens with zero attached hydrogens (tertiary/aromatic N) is 1. The molecule has 20 heavy (non-hydrogen) atoms. The third-order valence-corrected chi connectivity index (χ3v) is 3.02. The van der Waals surface area contributed by atoms with Gasteiger partial charge in [0.2, 0.25) is 0 Å². The normalized spacial score (nSPS) is 16.3. The smallest absolute Gasteiger partial charge is 0.392 e. The van der Waals surface area contributed by atoms with Gasteiger partial charge in [-0.2, -0.15) is 13.2 Å². The van der Waals surface area contributed by atoms with Crippen molar-refractivity contribution in [3.63, 3.8) is 0 Å². The molecule has 1 aromatic rings. The fraction of sp³-hybridized carbons (Fsp3) is 0.538. The first kappa shape index (κ1) is 14.9. The Labute approximate surface area is 114 Å². The predicted molar refractivity (Wildman–Crippen MR) is 67.6 cm³/mol. The summed E-state index contributed by atoms with van der Waals surface area (Å²) in [5.74, 6) is -0.140. The summed E-state index contributed by atoms with van der Waals surface area (Å²) in [5, 5.41) is 3.16. The number of piperazine rings is 1. The van der Waals surface area contributed by atoms with Crippen LogP contribution >= 0.6 is 0 Å². The minimum atomic E-state index is -4.25. The van der Waals surface area contributed by atoms with Crippen LogP contribution < -0.4 is 15.0 Å². The number of hydrogen-bond acceptors (Lipinski definition) is 3. The Kier molecular flexibility index (Phi) is 4.69. The number of hydrogen-bond donors (Lipinski definition) is 1. The summed E-state index contributed by atoms with van der Waals surface area (Å²) >= 11 is 0. The fourth-order valence-electron chi connectivity index (χ4n) is 2.04. The maximum atomic E-state index is 13.3. The second kappa shape index (κ2) is 6.30. The van der Waals surface area contributed by atoms with Crippen molar-refractivity contribution in [3.05, 3.63) is 24.0 Å². The molecule has 0 aromatic heterocycles. The maximum absolute atomic E-state index is 13.3. The second-order valence-corrected chi connectivity index (χ2v) is 4.56. The Hall–Kier alpha value is -1.50. The van der Waals surface area contributed by atoms with Gasteiger partial charge in [0.25, 0.3) is 0 Å². The molecule has 0 atom stereocenters. The molecule has 1 saturated heterocycles. The molecule has 7 heteroatoms. The van der Waals surface area contributed by atoms with Crippen LogP contribution in [0, 0.1) is 5.82 Å². The van der Waals surface area contributed by atoms with E-state index in [9.17, 15) is 17.6 Å². The van der Waals surface area contributed by atoms with Crippen LogP contribution in [0.3, 0.4) is 0 Å². The third kappa shape index (κ3) is 4.26. The summed E-state index contributed by atoms with van der Waals surface area (Å²) in [5.41, 5.74) is 0.508. The average Bonchev–Trinajstić information content (AvgIpc) is 2.40. The summed E-state index contributed by atoms with van der Waals surface area (Å²) in [6, 6.07) is 3.87. The zero-order chi connectivity index (χ0) is 14.6. The highest BCUT2D eigenvalue weighted by molar-refractivity contribution is 5.59. The summed E-state index contributed by atoms with van der Waals surface area (Å²) in [4.78, 5) is 1.91. The van der Waals surface area contributed by atoms with E-state index in [0.29, 0.717) is 18.8 Å². The topological polar surface area (TPSA) is 24.5 Å². The minimum Gasteiger partial charge on any atom is -0.491 e. The van der Waals surface area contributed by atoms with Crippen LogP contribution in [0.1, 0.15) is 6.42 Å². The average molecular weight is 292 g/mol. The molecule has 1 aliphatic rings. The monoisotopic (exact) mass is 292 g/mol. The highest BCUT2D eigenvalue weighted by atomic mass is 19.4. The van der Waals surface area contributed by atoms with Crippen molar-refractivity contribution in [2.45, 2.75) is 12.6 Å². The molecule has 0 saturated carbocycles. The van der Waals surface area contributed by atoms with E-state index >= 15 is 0 Å². The van der Waals surface area contributed by atoms with E-state index in [2.05, 4.69) is 5.32 Å². The quantitative estimate of drug-likeness (QED) is 0.863. The molecule has 1 fully saturated rings. The molecule has 112 valence electrons. The Bertz CT molecular complexity index is 444. The number of ether oxygens (including phenoxy) is 1. The largest absolute Gasteiger partial charge is 0.491 e. The molecule has 0 unspecified atom stereocenters. The lowest BCUT2D eigenvalue weighted by molar-refractivity contribution is -0.139. The predicted octanol–water partition coefficient (Wildman–Crippen LogP) is 2.57. The standard InChI is InChI=1S/C13H16F4N2O/c14-10-1-2-12(20-8-3-13(15,16)17)11(9-10)19-6-4-18-5-7-19/h1-2,9,18H,3-8H2. The van der Waals surface area contributed by atoms with Gasteiger partial charge in [-0.25, -0.2) is 4.39 Å². The van der Waals surface area contributed by atoms with Crippen LogP contribution in [0.25, 0.3) is 0 Å². The summed E-state index contributed by atoms with van der Waals surface area (Å²) < 4.78 is 54.9. The number of benzene rings is 1. The van der Waals surface area contributed by atoms with Crippen LogP contribution in [-0.4, -0.2) is 39.0 Å². The van der Waals surface area contributed by atoms with Gasteiger partial charge in [-0.1, -0.05) is 0 Å². The Morgan fingerprint density at radius 1 is 1.20 bits per heavy atom. The van der Waals surface area contributed by atoms with Gasteiger partial charge in [0.15, 0.2) is 0 Å². The Morgan fingerprint density at radius 3 is 2.55 bits per heavy atom. The molecule has 1 aliphatic heterocycles. The first-order valence-corrected chi connectivity index (χ1v) is 6.40. The van der Waals surface area contributed by atoms with Crippen LogP contribution in [0.2, 0.25) is 0 Å². The molecule has 1 heterocycles. The lowest BCUT2D eigenvalue weighted by Crippen LogP contribution is -2.43. The SMILES string of the molecule is Fc1ccc(OCCC(F)(F)F)c(N2CCNCC2)c1. The van der Waals surface area contributed by atoms with Gasteiger partial charge in [0, 0.05) is 32.2 Å². The molecule has 0 aliphatic carbocycles. The van der Waals surface area contributed by atoms with Crippen molar-refractivity contribution in [1.82, 2.24) is 5.32 Å². The first-order chi connectivity index (χ1) is 9.46. The maximum Gasteiger partial charge on any atom is 0.392 e. The molecule has 0 spiro atoms. The van der Waals surface area contributed by atoms with Crippen LogP contribution in [0.5, 0.6) is 5.75 Å². The van der Waals surface area contributed by atoms with Crippen molar-refractivity contribution in [2.24, 2.45) is 0 Å². The molecule has 3 nitrogen and oxygen atoms in total. The van der Waals surface area contributed by atoms with Crippen LogP contribution in [-0.2, 0) is 0 Å². The minimum absolute atomic E-state index is 0.289. The summed E-state index contributed by atoms with van der Waals surface area (Å²) in [7, 11) is 0. The molecule has 0 amide bonds. The zero-order valence-electron chi connectivity index (χ0n) is 10.8. The van der Waals surface area contributed by atoms with Gasteiger partial charge in [0.1, 0.15) is 11.6 Å². The van der Waals surface area contributed by atoms with Gasteiger partial charge in [-0.15, -0.1) is 0 Å². The van der Waals surface area contributed by atoms with Gasteiger partial charge >= 0.3 is 6.18 Å². The Balaban J connectivity index is 2.07. The van der Waals surface area contributed by atoms with Gasteiger partial charge in [-0.3, -0.25) is 0 Å². The van der Waals surface area contributed by atoms with E-state index in [-0.39, 0.29) is 5.75 Å². The molecule has 2 rings (SSSR count). The van der Waals surface area contributed by atoms with E-state index in [1.165, 1.54) is 18.2 Å². The Morgan fingerprint density at radius 2 is 1.90 bits per heavy atom. The van der Waals surface area contributed by atoms with E-state index < -0.39 is 25.0 Å². The van der Waals surface area contributed by atoms with Gasteiger partial charge < -0.3 is 15.0 Å². The van der Waals surface area contributed by atoms with Crippen molar-refractivity contribution >= 4 is 5.69 Å². The molecule has 1 aromatic carbocycles. The van der Waals surface area contributed by atoms with Gasteiger partial charge in [0.05, 0.1) is 18.7 Å². The highest BCUT2D eigenvalue weighted by Crippen LogP contribution is 2.30. The summed E-state index contributed by atoms with van der Waals surface area (Å²) in [6.45, 7) is 2.36. The van der Waals surface area contributed by atoms with Crippen molar-refractivity contribution < 1.29 is 22.3 Å². The fourth-order valence-corrected chi connectivity index (χ4v) is 2.04. The number of anilines is 1. The van der Waals surface area contributed by atoms with Crippen LogP contribution in [0.4, 0.5) is 23.2 Å². The number of alkyl halides is 3. The molecule has 1 N–H and O–H groups in total. The highest BCUT2D eigenvalue weighted by Gasteiger charge is 2.27. The number of nitrogens with one attached hydrogen (secondary N) is 1. The van der Waals surface area contributed by atoms with Crippen molar-refractivity contribution in [1.29, 1.82) is 0 Å². The van der Waals surface area contributed by atoms with E-state index in [1.807, 2.05) is 4.90 Å². The number of rotatable bonds is 4. The van der Waals surface area contributed by atoms with E-state index in [0.717, 1.165) is 13.1 Å². The van der Waals surface area contributed by atoms with E-state index in [1.54, 1.807) is 0 Å². The number of halogens is 4.